The Morgan fingerprint density at radius 1 is 1.24 bits per heavy atom. The molecule has 0 radical (unpaired) electrons. The third-order valence-electron chi connectivity index (χ3n) is 3.83. The lowest BCUT2D eigenvalue weighted by Crippen LogP contribution is -2.51. The number of nitrogens with one attached hydrogen (secondary N) is 2. The largest absolute Gasteiger partial charge is 0.361 e. The van der Waals surface area contributed by atoms with Crippen molar-refractivity contribution < 1.29 is 0 Å². The maximum atomic E-state index is 5.35. The third kappa shape index (κ3) is 5.21. The molecule has 0 saturated heterocycles. The van der Waals surface area contributed by atoms with Crippen molar-refractivity contribution in [2.24, 2.45) is 0 Å². The Bertz CT molecular complexity index is 245. The number of hydrogen-bond acceptors (Lipinski definition) is 2. The Kier molecular flexibility index (Phi) is 5.67. The zero-order valence-corrected chi connectivity index (χ0v) is 12.5. The van der Waals surface area contributed by atoms with Gasteiger partial charge in [0.1, 0.15) is 0 Å². The van der Waals surface area contributed by atoms with Crippen molar-refractivity contribution in [3.8, 4) is 0 Å². The first kappa shape index (κ1) is 14.7. The molecule has 17 heavy (non-hydrogen) atoms. The van der Waals surface area contributed by atoms with E-state index < -0.39 is 0 Å². The third-order valence-corrected chi connectivity index (χ3v) is 4.09. The Morgan fingerprint density at radius 3 is 2.35 bits per heavy atom. The van der Waals surface area contributed by atoms with Crippen LogP contribution in [0.2, 0.25) is 0 Å². The van der Waals surface area contributed by atoms with Gasteiger partial charge in [-0.3, -0.25) is 0 Å². The first-order valence-corrected chi connectivity index (χ1v) is 7.04. The highest BCUT2D eigenvalue weighted by molar-refractivity contribution is 7.80. The molecule has 0 aromatic carbocycles. The Labute approximate surface area is 111 Å². The van der Waals surface area contributed by atoms with Gasteiger partial charge in [-0.15, -0.1) is 0 Å². The maximum Gasteiger partial charge on any atom is 0.166 e. The highest BCUT2D eigenvalue weighted by Crippen LogP contribution is 2.17. The van der Waals surface area contributed by atoms with Gasteiger partial charge in [-0.2, -0.15) is 0 Å². The minimum Gasteiger partial charge on any atom is -0.361 e. The summed E-state index contributed by atoms with van der Waals surface area (Å²) in [6, 6.07) is 0.589. The van der Waals surface area contributed by atoms with Crippen molar-refractivity contribution in [3.05, 3.63) is 0 Å². The van der Waals surface area contributed by atoms with Crippen LogP contribution in [-0.2, 0) is 0 Å². The summed E-state index contributed by atoms with van der Waals surface area (Å²) in [5.41, 5.74) is 0.123. The van der Waals surface area contributed by atoms with Crippen molar-refractivity contribution in [3.63, 3.8) is 0 Å². The molecule has 1 fully saturated rings. The summed E-state index contributed by atoms with van der Waals surface area (Å²) in [5, 5.41) is 7.57. The van der Waals surface area contributed by atoms with E-state index in [0.717, 1.165) is 11.7 Å². The molecule has 0 amide bonds. The van der Waals surface area contributed by atoms with Gasteiger partial charge in [-0.1, -0.05) is 19.3 Å². The van der Waals surface area contributed by atoms with Crippen LogP contribution in [0, 0.1) is 0 Å². The summed E-state index contributed by atoms with van der Waals surface area (Å²) in [4.78, 5) is 2.21. The van der Waals surface area contributed by atoms with Crippen molar-refractivity contribution in [2.45, 2.75) is 57.5 Å². The van der Waals surface area contributed by atoms with Crippen LogP contribution in [0.5, 0.6) is 0 Å². The monoisotopic (exact) mass is 257 g/mol. The van der Waals surface area contributed by atoms with E-state index >= 15 is 0 Å². The Balaban J connectivity index is 2.25. The summed E-state index contributed by atoms with van der Waals surface area (Å²) in [5.74, 6) is 0. The van der Waals surface area contributed by atoms with Crippen LogP contribution in [0.3, 0.4) is 0 Å². The fraction of sp³-hybridized carbons (Fsp3) is 0.923. The molecular formula is C13H27N3S. The van der Waals surface area contributed by atoms with Gasteiger partial charge < -0.3 is 15.5 Å². The highest BCUT2D eigenvalue weighted by Gasteiger charge is 2.21. The number of likely N-dealkylation sites (N-methyl/N-ethyl adjacent to an activating group) is 1. The lowest BCUT2D eigenvalue weighted by Gasteiger charge is -2.33. The van der Waals surface area contributed by atoms with E-state index in [0.29, 0.717) is 6.04 Å². The molecular weight excluding hydrogens is 230 g/mol. The first-order valence-electron chi connectivity index (χ1n) is 6.63. The van der Waals surface area contributed by atoms with Crippen molar-refractivity contribution in [1.29, 1.82) is 0 Å². The van der Waals surface area contributed by atoms with Gasteiger partial charge in [0, 0.05) is 18.1 Å². The predicted octanol–water partition coefficient (Wildman–Crippen LogP) is 2.12. The molecule has 0 heterocycles. The van der Waals surface area contributed by atoms with Crippen LogP contribution >= 0.6 is 12.2 Å². The SMILES string of the molecule is CN(C)C(C)(C)CNC(=S)NC1CCCCC1. The molecule has 4 heteroatoms. The minimum absolute atomic E-state index is 0.123. The van der Waals surface area contributed by atoms with Gasteiger partial charge in [-0.25, -0.2) is 0 Å². The quantitative estimate of drug-likeness (QED) is 0.755. The predicted molar refractivity (Wildman–Crippen MR) is 78.4 cm³/mol. The molecule has 1 saturated carbocycles. The van der Waals surface area contributed by atoms with Gasteiger partial charge in [-0.05, 0) is 53.0 Å². The van der Waals surface area contributed by atoms with Crippen LogP contribution in [0.1, 0.15) is 46.0 Å². The van der Waals surface area contributed by atoms with Crippen LogP contribution < -0.4 is 10.6 Å². The Morgan fingerprint density at radius 2 is 1.82 bits per heavy atom. The van der Waals surface area contributed by atoms with E-state index in [4.69, 9.17) is 12.2 Å². The zero-order chi connectivity index (χ0) is 12.9. The van der Waals surface area contributed by atoms with Gasteiger partial charge in [0.25, 0.3) is 0 Å². The average molecular weight is 257 g/mol. The molecule has 0 atom stereocenters. The molecule has 1 aliphatic carbocycles. The van der Waals surface area contributed by atoms with Crippen molar-refractivity contribution >= 4 is 17.3 Å². The number of hydrogen-bond donors (Lipinski definition) is 2. The number of thiocarbonyl (C=S) groups is 1. The summed E-state index contributed by atoms with van der Waals surface area (Å²) in [7, 11) is 4.19. The fourth-order valence-corrected chi connectivity index (χ4v) is 2.18. The van der Waals surface area contributed by atoms with Crippen molar-refractivity contribution in [1.82, 2.24) is 15.5 Å². The second-order valence-electron chi connectivity index (χ2n) is 5.87. The van der Waals surface area contributed by atoms with E-state index in [9.17, 15) is 0 Å². The van der Waals surface area contributed by atoms with Gasteiger partial charge in [0.2, 0.25) is 0 Å². The Hall–Kier alpha value is -0.350. The normalized spacial score (nSPS) is 18.2. The number of rotatable bonds is 4. The van der Waals surface area contributed by atoms with Crippen molar-refractivity contribution in [2.75, 3.05) is 20.6 Å². The van der Waals surface area contributed by atoms with E-state index in [1.807, 2.05) is 0 Å². The van der Waals surface area contributed by atoms with E-state index in [1.54, 1.807) is 0 Å². The van der Waals surface area contributed by atoms with E-state index in [2.05, 4.69) is 43.5 Å². The lowest BCUT2D eigenvalue weighted by atomic mass is 9.96. The summed E-state index contributed by atoms with van der Waals surface area (Å²) < 4.78 is 0. The second-order valence-corrected chi connectivity index (χ2v) is 6.28. The van der Waals surface area contributed by atoms with Gasteiger partial charge in [0.05, 0.1) is 0 Å². The van der Waals surface area contributed by atoms with Crippen LogP contribution in [0.15, 0.2) is 0 Å². The van der Waals surface area contributed by atoms with Crippen LogP contribution in [-0.4, -0.2) is 42.2 Å². The molecule has 0 unspecified atom stereocenters. The van der Waals surface area contributed by atoms with Gasteiger partial charge in [0.15, 0.2) is 5.11 Å². The van der Waals surface area contributed by atoms with Gasteiger partial charge >= 0.3 is 0 Å². The summed E-state index contributed by atoms with van der Waals surface area (Å²) in [6.45, 7) is 5.30. The summed E-state index contributed by atoms with van der Waals surface area (Å²) >= 11 is 5.35. The highest BCUT2D eigenvalue weighted by atomic mass is 32.1. The molecule has 0 spiro atoms. The summed E-state index contributed by atoms with van der Waals surface area (Å²) in [6.07, 6.45) is 6.58. The lowest BCUT2D eigenvalue weighted by molar-refractivity contribution is 0.197. The fourth-order valence-electron chi connectivity index (χ4n) is 1.94. The molecule has 3 nitrogen and oxygen atoms in total. The maximum absolute atomic E-state index is 5.35. The van der Waals surface area contributed by atoms with Crippen LogP contribution in [0.4, 0.5) is 0 Å². The molecule has 1 aliphatic rings. The molecule has 0 aliphatic heterocycles. The van der Waals surface area contributed by atoms with E-state index in [1.165, 1.54) is 32.1 Å². The first-order chi connectivity index (χ1) is 7.92. The molecule has 100 valence electrons. The molecule has 1 rings (SSSR count). The minimum atomic E-state index is 0.123. The standard InChI is InChI=1S/C13H27N3S/c1-13(2,16(3)4)10-14-12(17)15-11-8-6-5-7-9-11/h11H,5-10H2,1-4H3,(H2,14,15,17). The second kappa shape index (κ2) is 6.55. The molecule has 2 N–H and O–H groups in total. The topological polar surface area (TPSA) is 27.3 Å². The molecule has 0 aromatic rings. The molecule has 0 aromatic heterocycles. The number of nitrogens with zero attached hydrogens (tertiary/aromatic N) is 1. The zero-order valence-electron chi connectivity index (χ0n) is 11.7. The smallest absolute Gasteiger partial charge is 0.166 e. The molecule has 0 bridgehead atoms. The van der Waals surface area contributed by atoms with Crippen LogP contribution in [0.25, 0.3) is 0 Å². The average Bonchev–Trinajstić information content (AvgIpc) is 2.28. The van der Waals surface area contributed by atoms with E-state index in [-0.39, 0.29) is 5.54 Å².